The number of aliphatic hydroxyl groups is 1. The summed E-state index contributed by atoms with van der Waals surface area (Å²) >= 11 is 0. The number of unbranched alkanes of at least 4 members (excludes halogenated alkanes) is 1. The average molecular weight is 334 g/mol. The highest BCUT2D eigenvalue weighted by Gasteiger charge is 2.08. The largest absolute Gasteiger partial charge is 0.509 e. The first kappa shape index (κ1) is 16.8. The average Bonchev–Trinajstić information content (AvgIpc) is 2.96. The van der Waals surface area contributed by atoms with Crippen LogP contribution in [0.5, 0.6) is 0 Å². The van der Waals surface area contributed by atoms with Crippen LogP contribution in [0.2, 0.25) is 0 Å². The predicted octanol–water partition coefficient (Wildman–Crippen LogP) is 4.74. The highest BCUT2D eigenvalue weighted by atomic mass is 16.3. The van der Waals surface area contributed by atoms with Gasteiger partial charge in [-0.05, 0) is 48.4 Å². The van der Waals surface area contributed by atoms with Crippen LogP contribution in [0.1, 0.15) is 25.5 Å². The normalized spacial score (nSPS) is 11.4. The Morgan fingerprint density at radius 2 is 2.08 bits per heavy atom. The summed E-state index contributed by atoms with van der Waals surface area (Å²) in [6.07, 6.45) is 7.41. The first-order valence-electron chi connectivity index (χ1n) is 8.36. The molecule has 0 saturated carbocycles. The van der Waals surface area contributed by atoms with Crippen LogP contribution >= 0.6 is 0 Å². The minimum atomic E-state index is -0.0168. The second-order valence-corrected chi connectivity index (χ2v) is 5.93. The summed E-state index contributed by atoms with van der Waals surface area (Å²) in [7, 11) is 0. The second-order valence-electron chi connectivity index (χ2n) is 5.93. The fraction of sp³-hybridized carbons (Fsp3) is 0.200. The summed E-state index contributed by atoms with van der Waals surface area (Å²) in [5.41, 5.74) is 4.38. The first-order chi connectivity index (χ1) is 12.1. The zero-order valence-electron chi connectivity index (χ0n) is 14.4. The standard InChI is InChI=1S/C20H22N4O/c1-4-5-11-21-16-8-9-19-18(13-16)23-20-22-17(10-12-24(19)20)14(2)6-7-15(3)25/h6-10,12-13,21,25H,2-5,11H2,1H3. The van der Waals surface area contributed by atoms with Crippen molar-refractivity contribution in [3.63, 3.8) is 0 Å². The number of fused-ring (bicyclic) bond motifs is 3. The van der Waals surface area contributed by atoms with Crippen LogP contribution in [0.4, 0.5) is 5.69 Å². The molecule has 3 aromatic rings. The van der Waals surface area contributed by atoms with E-state index in [1.165, 1.54) is 6.08 Å². The van der Waals surface area contributed by atoms with Gasteiger partial charge in [-0.2, -0.15) is 0 Å². The van der Waals surface area contributed by atoms with E-state index in [-0.39, 0.29) is 5.76 Å². The Labute approximate surface area is 147 Å². The van der Waals surface area contributed by atoms with E-state index in [9.17, 15) is 0 Å². The van der Waals surface area contributed by atoms with Crippen molar-refractivity contribution >= 4 is 28.1 Å². The van der Waals surface area contributed by atoms with E-state index in [1.807, 2.05) is 22.7 Å². The summed E-state index contributed by atoms with van der Waals surface area (Å²) in [6, 6.07) is 8.04. The molecule has 128 valence electrons. The highest BCUT2D eigenvalue weighted by molar-refractivity contribution is 5.83. The van der Waals surface area contributed by atoms with Gasteiger partial charge >= 0.3 is 0 Å². The monoisotopic (exact) mass is 334 g/mol. The molecule has 0 atom stereocenters. The molecule has 2 N–H and O–H groups in total. The minimum Gasteiger partial charge on any atom is -0.509 e. The summed E-state index contributed by atoms with van der Waals surface area (Å²) in [5, 5.41) is 12.6. The second kappa shape index (κ2) is 7.21. The fourth-order valence-electron chi connectivity index (χ4n) is 2.58. The van der Waals surface area contributed by atoms with Crippen molar-refractivity contribution in [2.45, 2.75) is 19.8 Å². The fourth-order valence-corrected chi connectivity index (χ4v) is 2.58. The van der Waals surface area contributed by atoms with E-state index in [2.05, 4.69) is 47.5 Å². The van der Waals surface area contributed by atoms with Crippen molar-refractivity contribution in [2.24, 2.45) is 0 Å². The lowest BCUT2D eigenvalue weighted by molar-refractivity contribution is 0.435. The van der Waals surface area contributed by atoms with Gasteiger partial charge in [0.05, 0.1) is 16.7 Å². The summed E-state index contributed by atoms with van der Waals surface area (Å²) in [5.74, 6) is 0.604. The zero-order valence-corrected chi connectivity index (χ0v) is 14.4. The minimum absolute atomic E-state index is 0.0168. The maximum atomic E-state index is 9.15. The molecule has 0 amide bonds. The topological polar surface area (TPSA) is 62.5 Å². The number of anilines is 1. The van der Waals surface area contributed by atoms with Crippen molar-refractivity contribution in [2.75, 3.05) is 11.9 Å². The number of hydrogen-bond acceptors (Lipinski definition) is 4. The SMILES string of the molecule is C=C(O)C=CC(=C)c1ccn2c(n1)nc1cc(NCCCC)ccc12. The van der Waals surface area contributed by atoms with E-state index < -0.39 is 0 Å². The third kappa shape index (κ3) is 3.71. The van der Waals surface area contributed by atoms with E-state index >= 15 is 0 Å². The van der Waals surface area contributed by atoms with Crippen LogP contribution in [0, 0.1) is 0 Å². The molecule has 0 radical (unpaired) electrons. The Balaban J connectivity index is 1.93. The van der Waals surface area contributed by atoms with Gasteiger partial charge in [0.2, 0.25) is 5.78 Å². The number of rotatable bonds is 7. The summed E-state index contributed by atoms with van der Waals surface area (Å²) in [6.45, 7) is 10.5. The molecule has 0 saturated heterocycles. The Morgan fingerprint density at radius 3 is 2.84 bits per heavy atom. The van der Waals surface area contributed by atoms with Crippen LogP contribution in [0.25, 0.3) is 22.4 Å². The predicted molar refractivity (Wildman–Crippen MR) is 104 cm³/mol. The van der Waals surface area contributed by atoms with E-state index in [0.717, 1.165) is 36.1 Å². The van der Waals surface area contributed by atoms with Gasteiger partial charge in [-0.25, -0.2) is 9.97 Å². The molecule has 5 heteroatoms. The maximum Gasteiger partial charge on any atom is 0.235 e. The molecule has 25 heavy (non-hydrogen) atoms. The van der Waals surface area contributed by atoms with Gasteiger partial charge in [0, 0.05) is 18.4 Å². The molecule has 0 unspecified atom stereocenters. The van der Waals surface area contributed by atoms with Crippen molar-refractivity contribution < 1.29 is 5.11 Å². The van der Waals surface area contributed by atoms with Crippen LogP contribution in [0.3, 0.4) is 0 Å². The number of aliphatic hydroxyl groups excluding tert-OH is 1. The van der Waals surface area contributed by atoms with Gasteiger partial charge in [-0.15, -0.1) is 0 Å². The van der Waals surface area contributed by atoms with E-state index in [0.29, 0.717) is 17.0 Å². The van der Waals surface area contributed by atoms with Crippen LogP contribution in [0.15, 0.2) is 61.5 Å². The molecular weight excluding hydrogens is 312 g/mol. The molecule has 0 aliphatic carbocycles. The molecule has 5 nitrogen and oxygen atoms in total. The number of aromatic nitrogens is 3. The molecule has 0 bridgehead atoms. The third-order valence-corrected chi connectivity index (χ3v) is 3.94. The lowest BCUT2D eigenvalue weighted by Gasteiger charge is -2.05. The lowest BCUT2D eigenvalue weighted by atomic mass is 10.2. The Bertz CT molecular complexity index is 968. The Kier molecular flexibility index (Phi) is 4.84. The highest BCUT2D eigenvalue weighted by Crippen LogP contribution is 2.21. The maximum absolute atomic E-state index is 9.15. The lowest BCUT2D eigenvalue weighted by Crippen LogP contribution is -2.00. The molecular formula is C20H22N4O. The van der Waals surface area contributed by atoms with Gasteiger partial charge in [-0.1, -0.05) is 26.5 Å². The zero-order chi connectivity index (χ0) is 17.8. The number of benzene rings is 1. The van der Waals surface area contributed by atoms with Crippen molar-refractivity contribution in [3.05, 3.63) is 67.2 Å². The molecule has 1 aromatic carbocycles. The quantitative estimate of drug-likeness (QED) is 0.372. The smallest absolute Gasteiger partial charge is 0.235 e. The van der Waals surface area contributed by atoms with Crippen molar-refractivity contribution in [3.8, 4) is 0 Å². The Morgan fingerprint density at radius 1 is 1.24 bits per heavy atom. The van der Waals surface area contributed by atoms with Crippen LogP contribution in [-0.2, 0) is 0 Å². The molecule has 0 spiro atoms. The number of imidazole rings is 1. The van der Waals surface area contributed by atoms with Crippen LogP contribution in [-0.4, -0.2) is 26.0 Å². The van der Waals surface area contributed by atoms with E-state index in [1.54, 1.807) is 6.08 Å². The molecule has 0 aliphatic rings. The van der Waals surface area contributed by atoms with Crippen LogP contribution < -0.4 is 5.32 Å². The molecule has 3 rings (SSSR count). The molecule has 2 heterocycles. The Hall–Kier alpha value is -3.08. The summed E-state index contributed by atoms with van der Waals surface area (Å²) in [4.78, 5) is 9.19. The van der Waals surface area contributed by atoms with Gasteiger partial charge in [-0.3, -0.25) is 4.40 Å². The molecule has 2 aromatic heterocycles. The van der Waals surface area contributed by atoms with Gasteiger partial charge in [0.25, 0.3) is 0 Å². The number of nitrogens with zero attached hydrogens (tertiary/aromatic N) is 3. The van der Waals surface area contributed by atoms with Gasteiger partial charge < -0.3 is 10.4 Å². The van der Waals surface area contributed by atoms with Crippen molar-refractivity contribution in [1.82, 2.24) is 14.4 Å². The van der Waals surface area contributed by atoms with E-state index in [4.69, 9.17) is 5.11 Å². The number of nitrogens with one attached hydrogen (secondary N) is 1. The number of allylic oxidation sites excluding steroid dienone is 3. The summed E-state index contributed by atoms with van der Waals surface area (Å²) < 4.78 is 1.95. The van der Waals surface area contributed by atoms with Gasteiger partial charge in [0.1, 0.15) is 5.76 Å². The molecule has 0 fully saturated rings. The first-order valence-corrected chi connectivity index (χ1v) is 8.36. The number of hydrogen-bond donors (Lipinski definition) is 2. The molecule has 0 aliphatic heterocycles. The third-order valence-electron chi connectivity index (χ3n) is 3.94. The van der Waals surface area contributed by atoms with Crippen molar-refractivity contribution in [1.29, 1.82) is 0 Å². The van der Waals surface area contributed by atoms with Gasteiger partial charge in [0.15, 0.2) is 0 Å².